The van der Waals surface area contributed by atoms with Crippen LogP contribution in [-0.2, 0) is 6.42 Å². The summed E-state index contributed by atoms with van der Waals surface area (Å²) in [6.07, 6.45) is 6.55. The number of amides is 1. The van der Waals surface area contributed by atoms with E-state index in [1.165, 1.54) is 5.56 Å². The molecule has 0 bridgehead atoms. The Hall–Kier alpha value is -3.28. The van der Waals surface area contributed by atoms with Crippen LogP contribution in [0.1, 0.15) is 28.9 Å². The molecule has 1 aromatic carbocycles. The minimum atomic E-state index is -0.133. The molecule has 1 saturated carbocycles. The Labute approximate surface area is 164 Å². The molecule has 1 amide bonds. The summed E-state index contributed by atoms with van der Waals surface area (Å²) < 4.78 is 0. The molecule has 2 heterocycles. The van der Waals surface area contributed by atoms with Crippen molar-refractivity contribution in [3.05, 3.63) is 72.2 Å². The highest BCUT2D eigenvalue weighted by atomic mass is 16.2. The first-order valence-corrected chi connectivity index (χ1v) is 9.54. The number of hydrogen-bond acceptors (Lipinski definition) is 5. The number of aromatic nitrogens is 3. The summed E-state index contributed by atoms with van der Waals surface area (Å²) in [6.45, 7) is 0.777. The van der Waals surface area contributed by atoms with Gasteiger partial charge in [0.25, 0.3) is 5.91 Å². The number of pyridine rings is 1. The predicted octanol–water partition coefficient (Wildman–Crippen LogP) is 3.11. The maximum absolute atomic E-state index is 12.6. The van der Waals surface area contributed by atoms with E-state index in [1.807, 2.05) is 49.5 Å². The van der Waals surface area contributed by atoms with Crippen LogP contribution in [-0.4, -0.2) is 40.5 Å². The maximum Gasteiger partial charge on any atom is 0.270 e. The summed E-state index contributed by atoms with van der Waals surface area (Å²) in [5.41, 5.74) is 2.52. The second-order valence-electron chi connectivity index (χ2n) is 7.08. The van der Waals surface area contributed by atoms with Crippen molar-refractivity contribution in [1.82, 2.24) is 20.3 Å². The first-order chi connectivity index (χ1) is 13.7. The van der Waals surface area contributed by atoms with Crippen molar-refractivity contribution < 1.29 is 4.79 Å². The molecule has 28 heavy (non-hydrogen) atoms. The summed E-state index contributed by atoms with van der Waals surface area (Å²) in [5, 5.41) is 3.02. The number of carbonyl (C=O) groups is 1. The Balaban J connectivity index is 1.59. The highest BCUT2D eigenvalue weighted by Gasteiger charge is 2.25. The average Bonchev–Trinajstić information content (AvgIpc) is 3.57. The zero-order valence-electron chi connectivity index (χ0n) is 15.9. The minimum Gasteiger partial charge on any atom is -0.359 e. The van der Waals surface area contributed by atoms with Crippen LogP contribution in [0, 0.1) is 0 Å². The van der Waals surface area contributed by atoms with Gasteiger partial charge < -0.3 is 10.2 Å². The van der Waals surface area contributed by atoms with Crippen molar-refractivity contribution in [2.75, 3.05) is 18.5 Å². The van der Waals surface area contributed by atoms with Gasteiger partial charge in [0.15, 0.2) is 5.82 Å². The largest absolute Gasteiger partial charge is 0.359 e. The van der Waals surface area contributed by atoms with Crippen molar-refractivity contribution in [2.45, 2.75) is 25.3 Å². The van der Waals surface area contributed by atoms with Gasteiger partial charge in [0, 0.05) is 43.7 Å². The summed E-state index contributed by atoms with van der Waals surface area (Å²) in [7, 11) is 1.99. The molecule has 4 rings (SSSR count). The van der Waals surface area contributed by atoms with Gasteiger partial charge in [0.05, 0.1) is 0 Å². The van der Waals surface area contributed by atoms with E-state index in [-0.39, 0.29) is 11.9 Å². The molecule has 3 aromatic rings. The number of likely N-dealkylation sites (N-methyl/N-ethyl adjacent to an activating group) is 1. The lowest BCUT2D eigenvalue weighted by Crippen LogP contribution is -2.28. The second-order valence-corrected chi connectivity index (χ2v) is 7.08. The molecular weight excluding hydrogens is 350 g/mol. The number of nitrogens with zero attached hydrogens (tertiary/aromatic N) is 4. The lowest BCUT2D eigenvalue weighted by atomic mass is 10.2. The molecule has 6 nitrogen and oxygen atoms in total. The van der Waals surface area contributed by atoms with E-state index in [2.05, 4.69) is 20.2 Å². The van der Waals surface area contributed by atoms with Crippen molar-refractivity contribution in [2.24, 2.45) is 0 Å². The standard InChI is InChI=1S/C22H23N5O/c1-27(14-11-16-9-12-23-13-10-16)20-15-19(22(28)24-18-7-8-18)25-21(26-20)17-5-3-2-4-6-17/h2-6,9-10,12-13,15,18H,7-8,11,14H2,1H3,(H,24,28). The molecule has 0 atom stereocenters. The van der Waals surface area contributed by atoms with Crippen molar-refractivity contribution in [1.29, 1.82) is 0 Å². The summed E-state index contributed by atoms with van der Waals surface area (Å²) in [6, 6.07) is 15.8. The first kappa shape index (κ1) is 18.1. The molecule has 0 saturated heterocycles. The number of anilines is 1. The molecule has 142 valence electrons. The van der Waals surface area contributed by atoms with Gasteiger partial charge in [-0.3, -0.25) is 9.78 Å². The van der Waals surface area contributed by atoms with Gasteiger partial charge in [0.1, 0.15) is 11.5 Å². The Kier molecular flexibility index (Phi) is 5.28. The zero-order chi connectivity index (χ0) is 19.3. The van der Waals surface area contributed by atoms with Crippen molar-refractivity contribution in [3.8, 4) is 11.4 Å². The van der Waals surface area contributed by atoms with Crippen LogP contribution < -0.4 is 10.2 Å². The van der Waals surface area contributed by atoms with Crippen LogP contribution >= 0.6 is 0 Å². The van der Waals surface area contributed by atoms with Gasteiger partial charge >= 0.3 is 0 Å². The third kappa shape index (κ3) is 4.52. The molecule has 1 fully saturated rings. The SMILES string of the molecule is CN(CCc1ccncc1)c1cc(C(=O)NC2CC2)nc(-c2ccccc2)n1. The zero-order valence-corrected chi connectivity index (χ0v) is 15.9. The lowest BCUT2D eigenvalue weighted by Gasteiger charge is -2.19. The van der Waals surface area contributed by atoms with Crippen LogP contribution in [0.5, 0.6) is 0 Å². The molecule has 0 radical (unpaired) electrons. The van der Waals surface area contributed by atoms with E-state index in [0.717, 1.165) is 37.2 Å². The molecule has 1 N–H and O–H groups in total. The topological polar surface area (TPSA) is 71.0 Å². The summed E-state index contributed by atoms with van der Waals surface area (Å²) >= 11 is 0. The molecule has 6 heteroatoms. The number of carbonyl (C=O) groups excluding carboxylic acids is 1. The number of nitrogens with one attached hydrogen (secondary N) is 1. The monoisotopic (exact) mass is 373 g/mol. The summed E-state index contributed by atoms with van der Waals surface area (Å²) in [5.74, 6) is 1.17. The minimum absolute atomic E-state index is 0.133. The maximum atomic E-state index is 12.6. The van der Waals surface area contributed by atoms with E-state index in [1.54, 1.807) is 18.5 Å². The average molecular weight is 373 g/mol. The molecule has 2 aromatic heterocycles. The molecule has 1 aliphatic rings. The van der Waals surface area contributed by atoms with Crippen LogP contribution in [0.3, 0.4) is 0 Å². The fourth-order valence-electron chi connectivity index (χ4n) is 2.91. The van der Waals surface area contributed by atoms with E-state index in [4.69, 9.17) is 4.98 Å². The molecule has 0 unspecified atom stereocenters. The quantitative estimate of drug-likeness (QED) is 0.689. The van der Waals surface area contributed by atoms with Crippen molar-refractivity contribution in [3.63, 3.8) is 0 Å². The third-order valence-corrected chi connectivity index (χ3v) is 4.77. The van der Waals surface area contributed by atoms with E-state index >= 15 is 0 Å². The van der Waals surface area contributed by atoms with Crippen molar-refractivity contribution >= 4 is 11.7 Å². The van der Waals surface area contributed by atoms with Gasteiger partial charge in [-0.1, -0.05) is 30.3 Å². The fourth-order valence-corrected chi connectivity index (χ4v) is 2.91. The smallest absolute Gasteiger partial charge is 0.270 e. The molecule has 0 aliphatic heterocycles. The highest BCUT2D eigenvalue weighted by Crippen LogP contribution is 2.22. The van der Waals surface area contributed by atoms with E-state index < -0.39 is 0 Å². The van der Waals surface area contributed by atoms with E-state index in [0.29, 0.717) is 11.5 Å². The summed E-state index contributed by atoms with van der Waals surface area (Å²) in [4.78, 5) is 28.0. The normalized spacial score (nSPS) is 13.2. The van der Waals surface area contributed by atoms with Crippen LogP contribution in [0.25, 0.3) is 11.4 Å². The molecule has 0 spiro atoms. The van der Waals surface area contributed by atoms with Crippen LogP contribution in [0.15, 0.2) is 60.9 Å². The number of benzene rings is 1. The Morgan fingerprint density at radius 2 is 1.86 bits per heavy atom. The van der Waals surface area contributed by atoms with Gasteiger partial charge in [-0.2, -0.15) is 0 Å². The number of rotatable bonds is 7. The van der Waals surface area contributed by atoms with Crippen LogP contribution in [0.4, 0.5) is 5.82 Å². The molecular formula is C22H23N5O. The van der Waals surface area contributed by atoms with Gasteiger partial charge in [-0.05, 0) is 37.0 Å². The Morgan fingerprint density at radius 3 is 2.57 bits per heavy atom. The predicted molar refractivity (Wildman–Crippen MR) is 109 cm³/mol. The van der Waals surface area contributed by atoms with Gasteiger partial charge in [-0.15, -0.1) is 0 Å². The first-order valence-electron chi connectivity index (χ1n) is 9.54. The Morgan fingerprint density at radius 1 is 1.11 bits per heavy atom. The number of hydrogen-bond donors (Lipinski definition) is 1. The Bertz CT molecular complexity index is 942. The highest BCUT2D eigenvalue weighted by molar-refractivity contribution is 5.93. The lowest BCUT2D eigenvalue weighted by molar-refractivity contribution is 0.0946. The molecule has 1 aliphatic carbocycles. The van der Waals surface area contributed by atoms with Gasteiger partial charge in [0.2, 0.25) is 0 Å². The van der Waals surface area contributed by atoms with E-state index in [9.17, 15) is 4.79 Å². The fraction of sp³-hybridized carbons (Fsp3) is 0.273. The van der Waals surface area contributed by atoms with Crippen LogP contribution in [0.2, 0.25) is 0 Å². The second kappa shape index (κ2) is 8.17. The van der Waals surface area contributed by atoms with Gasteiger partial charge in [-0.25, -0.2) is 9.97 Å². The third-order valence-electron chi connectivity index (χ3n) is 4.77.